The SMILES string of the molecule is CCCC(=O)OCC(=O)[C@@]1(C)CC[C@H](C)C1(C)C. The first-order valence-corrected chi connectivity index (χ1v) is 6.94. The van der Waals surface area contributed by atoms with Crippen molar-refractivity contribution in [1.82, 2.24) is 0 Å². The summed E-state index contributed by atoms with van der Waals surface area (Å²) in [5, 5.41) is 0. The number of carbonyl (C=O) groups excluding carboxylic acids is 2. The molecule has 0 heterocycles. The van der Waals surface area contributed by atoms with Gasteiger partial charge in [0.1, 0.15) is 0 Å². The van der Waals surface area contributed by atoms with Crippen LogP contribution in [0.15, 0.2) is 0 Å². The van der Waals surface area contributed by atoms with Crippen LogP contribution in [0.5, 0.6) is 0 Å². The number of Topliss-reactive ketones (excluding diaryl/α,β-unsaturated/α-hetero) is 1. The molecular formula is C15H26O3. The van der Waals surface area contributed by atoms with Crippen molar-refractivity contribution in [3.05, 3.63) is 0 Å². The summed E-state index contributed by atoms with van der Waals surface area (Å²) in [5.74, 6) is 0.331. The fourth-order valence-electron chi connectivity index (χ4n) is 2.81. The number of ketones is 1. The third-order valence-electron chi connectivity index (χ3n) is 5.17. The third kappa shape index (κ3) is 2.60. The Kier molecular flexibility index (Phi) is 4.57. The molecule has 0 radical (unpaired) electrons. The van der Waals surface area contributed by atoms with Gasteiger partial charge in [0, 0.05) is 11.8 Å². The van der Waals surface area contributed by atoms with Gasteiger partial charge in [0.25, 0.3) is 0 Å². The van der Waals surface area contributed by atoms with Crippen molar-refractivity contribution in [2.24, 2.45) is 16.7 Å². The van der Waals surface area contributed by atoms with E-state index >= 15 is 0 Å². The first kappa shape index (κ1) is 15.2. The molecule has 0 amide bonds. The van der Waals surface area contributed by atoms with Crippen LogP contribution < -0.4 is 0 Å². The first-order chi connectivity index (χ1) is 8.25. The van der Waals surface area contributed by atoms with E-state index in [0.717, 1.165) is 19.3 Å². The molecule has 0 saturated heterocycles. The molecule has 0 unspecified atom stereocenters. The molecule has 0 bridgehead atoms. The average molecular weight is 254 g/mol. The topological polar surface area (TPSA) is 43.4 Å². The zero-order chi connectivity index (χ0) is 14.0. The summed E-state index contributed by atoms with van der Waals surface area (Å²) in [5.41, 5.74) is -0.389. The average Bonchev–Trinajstić information content (AvgIpc) is 2.51. The minimum Gasteiger partial charge on any atom is -0.458 e. The van der Waals surface area contributed by atoms with Gasteiger partial charge in [0.2, 0.25) is 0 Å². The first-order valence-electron chi connectivity index (χ1n) is 6.94. The Morgan fingerprint density at radius 2 is 1.89 bits per heavy atom. The van der Waals surface area contributed by atoms with Crippen molar-refractivity contribution < 1.29 is 14.3 Å². The number of hydrogen-bond acceptors (Lipinski definition) is 3. The van der Waals surface area contributed by atoms with Crippen LogP contribution in [-0.2, 0) is 14.3 Å². The van der Waals surface area contributed by atoms with Gasteiger partial charge < -0.3 is 4.74 Å². The number of hydrogen-bond donors (Lipinski definition) is 0. The van der Waals surface area contributed by atoms with Gasteiger partial charge in [-0.2, -0.15) is 0 Å². The normalized spacial score (nSPS) is 30.2. The maximum atomic E-state index is 12.4. The predicted octanol–water partition coefficient (Wildman–Crippen LogP) is 3.36. The van der Waals surface area contributed by atoms with Crippen molar-refractivity contribution in [1.29, 1.82) is 0 Å². The maximum Gasteiger partial charge on any atom is 0.306 e. The van der Waals surface area contributed by atoms with Crippen LogP contribution in [0.2, 0.25) is 0 Å². The summed E-state index contributed by atoms with van der Waals surface area (Å²) in [6, 6.07) is 0. The van der Waals surface area contributed by atoms with E-state index in [9.17, 15) is 9.59 Å². The lowest BCUT2D eigenvalue weighted by atomic mass is 9.64. The lowest BCUT2D eigenvalue weighted by molar-refractivity contribution is -0.152. The van der Waals surface area contributed by atoms with E-state index in [1.807, 2.05) is 13.8 Å². The van der Waals surface area contributed by atoms with E-state index in [-0.39, 0.29) is 29.2 Å². The minimum atomic E-state index is -0.362. The Hall–Kier alpha value is -0.860. The van der Waals surface area contributed by atoms with Crippen molar-refractivity contribution in [3.8, 4) is 0 Å². The van der Waals surface area contributed by atoms with Crippen LogP contribution >= 0.6 is 0 Å². The van der Waals surface area contributed by atoms with Crippen LogP contribution in [0.4, 0.5) is 0 Å². The number of esters is 1. The Bertz CT molecular complexity index is 333. The predicted molar refractivity (Wildman–Crippen MR) is 71.2 cm³/mol. The third-order valence-corrected chi connectivity index (χ3v) is 5.17. The standard InChI is InChI=1S/C15H26O3/c1-6-7-13(17)18-10-12(16)15(5)9-8-11(2)14(15,3)4/h11H,6-10H2,1-5H3/t11-,15+/m0/s1. The summed E-state index contributed by atoms with van der Waals surface area (Å²) >= 11 is 0. The molecule has 3 nitrogen and oxygen atoms in total. The molecule has 1 saturated carbocycles. The second-order valence-corrected chi connectivity index (χ2v) is 6.33. The van der Waals surface area contributed by atoms with Crippen molar-refractivity contribution in [3.63, 3.8) is 0 Å². The molecule has 18 heavy (non-hydrogen) atoms. The van der Waals surface area contributed by atoms with Crippen molar-refractivity contribution >= 4 is 11.8 Å². The summed E-state index contributed by atoms with van der Waals surface area (Å²) in [7, 11) is 0. The highest BCUT2D eigenvalue weighted by Gasteiger charge is 2.53. The molecule has 0 N–H and O–H groups in total. The Morgan fingerprint density at radius 1 is 1.28 bits per heavy atom. The number of rotatable bonds is 5. The molecule has 0 aromatic heterocycles. The van der Waals surface area contributed by atoms with Gasteiger partial charge in [-0.05, 0) is 30.6 Å². The van der Waals surface area contributed by atoms with E-state index in [4.69, 9.17) is 4.74 Å². The van der Waals surface area contributed by atoms with Crippen LogP contribution in [0, 0.1) is 16.7 Å². The smallest absolute Gasteiger partial charge is 0.306 e. The number of ether oxygens (including phenoxy) is 1. The second kappa shape index (κ2) is 5.41. The maximum absolute atomic E-state index is 12.4. The van der Waals surface area contributed by atoms with Gasteiger partial charge in [0.05, 0.1) is 0 Å². The van der Waals surface area contributed by atoms with E-state index in [2.05, 4.69) is 20.8 Å². The minimum absolute atomic E-state index is 0.0265. The molecule has 2 atom stereocenters. The van der Waals surface area contributed by atoms with Gasteiger partial charge >= 0.3 is 5.97 Å². The second-order valence-electron chi connectivity index (χ2n) is 6.33. The molecule has 3 heteroatoms. The van der Waals surface area contributed by atoms with E-state index in [1.165, 1.54) is 0 Å². The van der Waals surface area contributed by atoms with Crippen LogP contribution in [0.1, 0.15) is 60.3 Å². The monoisotopic (exact) mass is 254 g/mol. The molecule has 0 spiro atoms. The highest BCUT2D eigenvalue weighted by molar-refractivity contribution is 5.88. The lowest BCUT2D eigenvalue weighted by Gasteiger charge is -2.39. The Morgan fingerprint density at radius 3 is 2.33 bits per heavy atom. The van der Waals surface area contributed by atoms with Gasteiger partial charge in [-0.1, -0.05) is 34.6 Å². The quantitative estimate of drug-likeness (QED) is 0.706. The Balaban J connectivity index is 2.64. The highest BCUT2D eigenvalue weighted by atomic mass is 16.5. The lowest BCUT2D eigenvalue weighted by Crippen LogP contribution is -2.42. The van der Waals surface area contributed by atoms with Crippen molar-refractivity contribution in [2.75, 3.05) is 6.61 Å². The highest BCUT2D eigenvalue weighted by Crippen LogP contribution is 2.56. The molecule has 1 rings (SSSR count). The fraction of sp³-hybridized carbons (Fsp3) is 0.867. The molecule has 0 aromatic carbocycles. The van der Waals surface area contributed by atoms with E-state index in [0.29, 0.717) is 12.3 Å². The molecule has 1 aliphatic rings. The molecule has 1 fully saturated rings. The summed E-state index contributed by atoms with van der Waals surface area (Å²) in [6.45, 7) is 10.4. The van der Waals surface area contributed by atoms with Gasteiger partial charge in [-0.3, -0.25) is 9.59 Å². The fourth-order valence-corrected chi connectivity index (χ4v) is 2.81. The van der Waals surface area contributed by atoms with Crippen LogP contribution in [0.3, 0.4) is 0 Å². The van der Waals surface area contributed by atoms with E-state index in [1.54, 1.807) is 0 Å². The van der Waals surface area contributed by atoms with E-state index < -0.39 is 0 Å². The molecule has 0 aliphatic heterocycles. The summed E-state index contributed by atoms with van der Waals surface area (Å²) in [4.78, 5) is 23.7. The van der Waals surface area contributed by atoms with Crippen LogP contribution in [0.25, 0.3) is 0 Å². The van der Waals surface area contributed by atoms with Gasteiger partial charge in [-0.15, -0.1) is 0 Å². The number of carbonyl (C=O) groups is 2. The summed E-state index contributed by atoms with van der Waals surface area (Å²) < 4.78 is 5.06. The van der Waals surface area contributed by atoms with Gasteiger partial charge in [-0.25, -0.2) is 0 Å². The molecule has 0 aromatic rings. The zero-order valence-electron chi connectivity index (χ0n) is 12.3. The molecular weight excluding hydrogens is 228 g/mol. The Labute approximate surface area is 110 Å². The largest absolute Gasteiger partial charge is 0.458 e. The van der Waals surface area contributed by atoms with Gasteiger partial charge in [0.15, 0.2) is 12.4 Å². The molecule has 104 valence electrons. The molecule has 1 aliphatic carbocycles. The van der Waals surface area contributed by atoms with Crippen LogP contribution in [-0.4, -0.2) is 18.4 Å². The van der Waals surface area contributed by atoms with Crippen molar-refractivity contribution in [2.45, 2.75) is 60.3 Å². The zero-order valence-corrected chi connectivity index (χ0v) is 12.3. The summed E-state index contributed by atoms with van der Waals surface area (Å²) in [6.07, 6.45) is 3.11.